The number of allylic oxidation sites excluding steroid dienone is 8. The highest BCUT2D eigenvalue weighted by molar-refractivity contribution is 5.88. The zero-order valence-electron chi connectivity index (χ0n) is 30.7. The average Bonchev–Trinajstić information content (AvgIpc) is 3.63. The summed E-state index contributed by atoms with van der Waals surface area (Å²) >= 11 is 0. The van der Waals surface area contributed by atoms with Crippen LogP contribution in [0, 0.1) is 29.1 Å². The minimum absolute atomic E-state index is 0.00504. The van der Waals surface area contributed by atoms with Crippen LogP contribution >= 0.6 is 0 Å². The zero-order valence-corrected chi connectivity index (χ0v) is 30.7. The summed E-state index contributed by atoms with van der Waals surface area (Å²) in [4.78, 5) is 0. The fourth-order valence-electron chi connectivity index (χ4n) is 10.8. The minimum atomic E-state index is -0.0993. The van der Waals surface area contributed by atoms with E-state index < -0.39 is 0 Å². The molecule has 0 amide bonds. The fourth-order valence-corrected chi connectivity index (χ4v) is 10.8. The first-order valence-electron chi connectivity index (χ1n) is 18.9. The first kappa shape index (κ1) is 30.8. The molecule has 4 unspecified atom stereocenters. The van der Waals surface area contributed by atoms with Crippen molar-refractivity contribution in [1.82, 2.24) is 0 Å². The third-order valence-corrected chi connectivity index (χ3v) is 13.7. The standard InChI is InChI=1S/C51H46/c1-49(2)43-16-9-7-14-37(43)39-22-18-33(27-45(39)49)31-12-11-13-32(26-31)34-19-24-41-42-25-21-36(30-48(42)51(5,6)47(41)28-34)35-20-23-40-38-15-8-10-17-44(38)50(3,4)46(40)29-35/h7-30,37,39,43,45H,1-6H3. The molecule has 51 heavy (non-hydrogen) atoms. The predicted octanol–water partition coefficient (Wildman–Crippen LogP) is 13.2. The summed E-state index contributed by atoms with van der Waals surface area (Å²) < 4.78 is 0. The van der Waals surface area contributed by atoms with Gasteiger partial charge in [-0.2, -0.15) is 0 Å². The first-order valence-corrected chi connectivity index (χ1v) is 18.9. The van der Waals surface area contributed by atoms with Crippen LogP contribution in [-0.2, 0) is 10.8 Å². The summed E-state index contributed by atoms with van der Waals surface area (Å²) in [5.41, 5.74) is 19.1. The van der Waals surface area contributed by atoms with Gasteiger partial charge < -0.3 is 0 Å². The van der Waals surface area contributed by atoms with E-state index in [-0.39, 0.29) is 16.2 Å². The second kappa shape index (κ2) is 10.5. The highest BCUT2D eigenvalue weighted by Gasteiger charge is 2.52. The molecule has 1 fully saturated rings. The molecule has 0 bridgehead atoms. The summed E-state index contributed by atoms with van der Waals surface area (Å²) in [6.07, 6.45) is 16.9. The Hall–Kier alpha value is -4.94. The normalized spacial score (nSPS) is 24.6. The van der Waals surface area contributed by atoms with Crippen LogP contribution in [0.3, 0.4) is 0 Å². The Kier molecular flexibility index (Phi) is 6.38. The van der Waals surface area contributed by atoms with Crippen LogP contribution in [0.15, 0.2) is 146 Å². The van der Waals surface area contributed by atoms with Gasteiger partial charge in [0.15, 0.2) is 0 Å². The summed E-state index contributed by atoms with van der Waals surface area (Å²) in [6, 6.07) is 39.6. The second-order valence-electron chi connectivity index (χ2n) is 17.4. The lowest BCUT2D eigenvalue weighted by molar-refractivity contribution is 0.239. The van der Waals surface area contributed by atoms with Crippen LogP contribution < -0.4 is 0 Å². The van der Waals surface area contributed by atoms with Crippen molar-refractivity contribution in [2.45, 2.75) is 52.4 Å². The maximum atomic E-state index is 2.59. The molecular weight excluding hydrogens is 613 g/mol. The van der Waals surface area contributed by atoms with Gasteiger partial charge in [0, 0.05) is 10.8 Å². The van der Waals surface area contributed by atoms with Crippen LogP contribution in [0.1, 0.15) is 69.4 Å². The van der Waals surface area contributed by atoms with E-state index in [9.17, 15) is 0 Å². The molecule has 0 N–H and O–H groups in total. The van der Waals surface area contributed by atoms with Crippen molar-refractivity contribution < 1.29 is 0 Å². The molecule has 0 aromatic heterocycles. The third-order valence-electron chi connectivity index (χ3n) is 13.7. The van der Waals surface area contributed by atoms with Crippen molar-refractivity contribution >= 4 is 5.57 Å². The van der Waals surface area contributed by atoms with Crippen LogP contribution in [0.2, 0.25) is 0 Å². The van der Waals surface area contributed by atoms with Crippen molar-refractivity contribution in [1.29, 1.82) is 0 Å². The monoisotopic (exact) mass is 658 g/mol. The quantitative estimate of drug-likeness (QED) is 0.181. The molecule has 0 aliphatic heterocycles. The van der Waals surface area contributed by atoms with Gasteiger partial charge in [0.05, 0.1) is 0 Å². The topological polar surface area (TPSA) is 0 Å². The summed E-state index contributed by atoms with van der Waals surface area (Å²) in [5.74, 6) is 2.31. The highest BCUT2D eigenvalue weighted by Crippen LogP contribution is 2.59. The molecule has 5 aromatic rings. The van der Waals surface area contributed by atoms with E-state index in [4.69, 9.17) is 0 Å². The molecule has 0 saturated heterocycles. The molecule has 5 aliphatic carbocycles. The van der Waals surface area contributed by atoms with Gasteiger partial charge >= 0.3 is 0 Å². The first-order chi connectivity index (χ1) is 24.5. The molecule has 0 heteroatoms. The van der Waals surface area contributed by atoms with Crippen LogP contribution in [-0.4, -0.2) is 0 Å². The number of benzene rings is 5. The highest BCUT2D eigenvalue weighted by atomic mass is 14.6. The number of rotatable bonds is 3. The maximum Gasteiger partial charge on any atom is 0.0159 e. The Bertz CT molecular complexity index is 2420. The van der Waals surface area contributed by atoms with E-state index in [1.54, 1.807) is 0 Å². The van der Waals surface area contributed by atoms with Crippen LogP contribution in [0.5, 0.6) is 0 Å². The Morgan fingerprint density at radius 2 is 0.922 bits per heavy atom. The molecule has 10 rings (SSSR count). The summed E-state index contributed by atoms with van der Waals surface area (Å²) in [6.45, 7) is 14.5. The Morgan fingerprint density at radius 1 is 0.412 bits per heavy atom. The molecule has 0 heterocycles. The second-order valence-corrected chi connectivity index (χ2v) is 17.4. The lowest BCUT2D eigenvalue weighted by Crippen LogP contribution is -2.25. The molecule has 250 valence electrons. The largest absolute Gasteiger partial charge is 0.0803 e. The molecule has 0 radical (unpaired) electrons. The van der Waals surface area contributed by atoms with Crippen molar-refractivity contribution in [3.63, 3.8) is 0 Å². The molecule has 5 aliphatic rings. The van der Waals surface area contributed by atoms with Crippen LogP contribution in [0.4, 0.5) is 0 Å². The van der Waals surface area contributed by atoms with Gasteiger partial charge in [0.2, 0.25) is 0 Å². The van der Waals surface area contributed by atoms with Crippen molar-refractivity contribution in [3.8, 4) is 44.5 Å². The predicted molar refractivity (Wildman–Crippen MR) is 216 cm³/mol. The van der Waals surface area contributed by atoms with E-state index in [0.29, 0.717) is 23.7 Å². The van der Waals surface area contributed by atoms with Gasteiger partial charge in [0.1, 0.15) is 0 Å². The number of fused-ring (bicyclic) bond motifs is 9. The molecule has 4 atom stereocenters. The van der Waals surface area contributed by atoms with E-state index >= 15 is 0 Å². The van der Waals surface area contributed by atoms with Gasteiger partial charge in [-0.05, 0) is 131 Å². The van der Waals surface area contributed by atoms with Crippen molar-refractivity contribution in [3.05, 3.63) is 173 Å². The Labute approximate surface area is 304 Å². The van der Waals surface area contributed by atoms with E-state index in [1.807, 2.05) is 0 Å². The number of hydrogen-bond donors (Lipinski definition) is 0. The van der Waals surface area contributed by atoms with Crippen LogP contribution in [0.25, 0.3) is 50.1 Å². The maximum absolute atomic E-state index is 2.59. The minimum Gasteiger partial charge on any atom is -0.0803 e. The lowest BCUT2D eigenvalue weighted by atomic mass is 9.71. The zero-order chi connectivity index (χ0) is 34.9. The third kappa shape index (κ3) is 4.32. The van der Waals surface area contributed by atoms with Gasteiger partial charge in [0.25, 0.3) is 0 Å². The molecular formula is C51H46. The SMILES string of the molecule is CC1(C)c2ccccc2-c2ccc(-c3ccc4c(c3)C(C)(C)c3cc(-c5cccc(C6=CC7C(C=C6)C6C=CC=CC6C7(C)C)c5)ccc3-4)cc21. The molecule has 0 nitrogen and oxygen atoms in total. The molecule has 0 spiro atoms. The van der Waals surface area contributed by atoms with Gasteiger partial charge in [-0.25, -0.2) is 0 Å². The summed E-state index contributed by atoms with van der Waals surface area (Å²) in [7, 11) is 0. The van der Waals surface area contributed by atoms with E-state index in [0.717, 1.165) is 0 Å². The van der Waals surface area contributed by atoms with Gasteiger partial charge in [-0.3, -0.25) is 0 Å². The van der Waals surface area contributed by atoms with Crippen molar-refractivity contribution in [2.75, 3.05) is 0 Å². The van der Waals surface area contributed by atoms with E-state index in [1.165, 1.54) is 77.9 Å². The molecule has 1 saturated carbocycles. The smallest absolute Gasteiger partial charge is 0.0159 e. The van der Waals surface area contributed by atoms with Gasteiger partial charge in [-0.15, -0.1) is 0 Å². The van der Waals surface area contributed by atoms with E-state index in [2.05, 4.69) is 187 Å². The fraction of sp³-hybridized carbons (Fsp3) is 0.255. The van der Waals surface area contributed by atoms with Gasteiger partial charge in [-0.1, -0.05) is 163 Å². The summed E-state index contributed by atoms with van der Waals surface area (Å²) in [5, 5.41) is 0. The average molecular weight is 659 g/mol. The molecule has 5 aromatic carbocycles. The lowest BCUT2D eigenvalue weighted by Gasteiger charge is -2.33. The van der Waals surface area contributed by atoms with Crippen molar-refractivity contribution in [2.24, 2.45) is 29.1 Å². The number of hydrogen-bond acceptors (Lipinski definition) is 0. The Balaban J connectivity index is 0.970. The Morgan fingerprint density at radius 3 is 1.57 bits per heavy atom.